The van der Waals surface area contributed by atoms with Crippen LogP contribution in [0.1, 0.15) is 25.3 Å². The summed E-state index contributed by atoms with van der Waals surface area (Å²) >= 11 is 6.26. The van der Waals surface area contributed by atoms with E-state index in [2.05, 4.69) is 12.2 Å². The third kappa shape index (κ3) is 3.79. The van der Waals surface area contributed by atoms with Crippen molar-refractivity contribution in [1.29, 1.82) is 0 Å². The Morgan fingerprint density at radius 3 is 2.59 bits per heavy atom. The predicted molar refractivity (Wildman–Crippen MR) is 71.2 cm³/mol. The zero-order valence-corrected chi connectivity index (χ0v) is 11.4. The Hall–Kier alpha value is -0.930. The zero-order valence-electron chi connectivity index (χ0n) is 10.7. The highest BCUT2D eigenvalue weighted by molar-refractivity contribution is 6.33. The summed E-state index contributed by atoms with van der Waals surface area (Å²) in [6, 6.07) is 3.84. The van der Waals surface area contributed by atoms with Crippen LogP contribution >= 0.6 is 11.6 Å². The minimum Gasteiger partial charge on any atom is -0.493 e. The molecule has 0 fully saturated rings. The van der Waals surface area contributed by atoms with Crippen molar-refractivity contribution in [3.8, 4) is 11.5 Å². The molecule has 3 nitrogen and oxygen atoms in total. The van der Waals surface area contributed by atoms with Crippen molar-refractivity contribution in [3.63, 3.8) is 0 Å². The number of hydrogen-bond donors (Lipinski definition) is 1. The van der Waals surface area contributed by atoms with Crippen LogP contribution in [0.3, 0.4) is 0 Å². The lowest BCUT2D eigenvalue weighted by atomic mass is 10.2. The number of benzene rings is 1. The predicted octanol–water partition coefficient (Wildman–Crippen LogP) is 3.25. The minimum atomic E-state index is 0.601. The van der Waals surface area contributed by atoms with Gasteiger partial charge in [0.25, 0.3) is 0 Å². The molecule has 0 radical (unpaired) electrons. The number of rotatable bonds is 7. The van der Waals surface area contributed by atoms with Crippen LogP contribution in [0.2, 0.25) is 5.02 Å². The van der Waals surface area contributed by atoms with Gasteiger partial charge in [-0.3, -0.25) is 0 Å². The molecule has 1 rings (SSSR count). The molecule has 1 aromatic rings. The third-order valence-corrected chi connectivity index (χ3v) is 3.00. The van der Waals surface area contributed by atoms with E-state index in [9.17, 15) is 0 Å². The summed E-state index contributed by atoms with van der Waals surface area (Å²) in [6.07, 6.45) is 2.36. The van der Waals surface area contributed by atoms with Gasteiger partial charge in [-0.15, -0.1) is 0 Å². The van der Waals surface area contributed by atoms with Gasteiger partial charge in [-0.2, -0.15) is 0 Å². The second-order valence-corrected chi connectivity index (χ2v) is 4.18. The molecule has 0 unspecified atom stereocenters. The number of unbranched alkanes of at least 4 members (excludes halogenated alkanes) is 1. The molecule has 0 spiro atoms. The smallest absolute Gasteiger partial charge is 0.179 e. The molecule has 1 aromatic carbocycles. The van der Waals surface area contributed by atoms with E-state index in [0.717, 1.165) is 18.7 Å². The number of nitrogens with one attached hydrogen (secondary N) is 1. The third-order valence-electron chi connectivity index (χ3n) is 2.59. The van der Waals surface area contributed by atoms with Gasteiger partial charge in [0.05, 0.1) is 19.2 Å². The van der Waals surface area contributed by atoms with Crippen LogP contribution in [-0.4, -0.2) is 20.8 Å². The van der Waals surface area contributed by atoms with Crippen molar-refractivity contribution in [2.75, 3.05) is 20.8 Å². The Balaban J connectivity index is 2.73. The number of halogens is 1. The molecule has 96 valence electrons. The summed E-state index contributed by atoms with van der Waals surface area (Å²) in [4.78, 5) is 0. The van der Waals surface area contributed by atoms with Crippen LogP contribution < -0.4 is 14.8 Å². The van der Waals surface area contributed by atoms with Crippen LogP contribution in [0.4, 0.5) is 0 Å². The molecule has 0 aromatic heterocycles. The van der Waals surface area contributed by atoms with E-state index >= 15 is 0 Å². The monoisotopic (exact) mass is 257 g/mol. The second-order valence-electron chi connectivity index (χ2n) is 3.80. The lowest BCUT2D eigenvalue weighted by Gasteiger charge is -2.13. The largest absolute Gasteiger partial charge is 0.493 e. The fourth-order valence-electron chi connectivity index (χ4n) is 1.59. The van der Waals surface area contributed by atoms with Crippen molar-refractivity contribution in [2.24, 2.45) is 0 Å². The highest BCUT2D eigenvalue weighted by Crippen LogP contribution is 2.37. The van der Waals surface area contributed by atoms with E-state index in [1.54, 1.807) is 14.2 Å². The van der Waals surface area contributed by atoms with Gasteiger partial charge < -0.3 is 14.8 Å². The molecule has 0 heterocycles. The van der Waals surface area contributed by atoms with Gasteiger partial charge >= 0.3 is 0 Å². The Bertz CT molecular complexity index is 356. The zero-order chi connectivity index (χ0) is 12.7. The molecule has 0 amide bonds. The standard InChI is InChI=1S/C13H20ClNO2/c1-4-5-8-15-9-10-6-7-11(16-2)13(17-3)12(10)14/h6-7,15H,4-5,8-9H2,1-3H3. The average molecular weight is 258 g/mol. The Morgan fingerprint density at radius 2 is 2.00 bits per heavy atom. The van der Waals surface area contributed by atoms with Crippen molar-refractivity contribution >= 4 is 11.6 Å². The van der Waals surface area contributed by atoms with Gasteiger partial charge in [0.2, 0.25) is 0 Å². The van der Waals surface area contributed by atoms with Crippen LogP contribution in [0.25, 0.3) is 0 Å². The number of hydrogen-bond acceptors (Lipinski definition) is 3. The lowest BCUT2D eigenvalue weighted by Crippen LogP contribution is -2.14. The first kappa shape index (κ1) is 14.1. The average Bonchev–Trinajstić information content (AvgIpc) is 2.35. The highest BCUT2D eigenvalue weighted by atomic mass is 35.5. The molecule has 0 atom stereocenters. The molecule has 0 aliphatic rings. The molecule has 1 N–H and O–H groups in total. The van der Waals surface area contributed by atoms with Gasteiger partial charge in [0.15, 0.2) is 11.5 Å². The van der Waals surface area contributed by atoms with Crippen molar-refractivity contribution < 1.29 is 9.47 Å². The maximum absolute atomic E-state index is 6.26. The normalized spacial score (nSPS) is 10.4. The van der Waals surface area contributed by atoms with Crippen LogP contribution in [0.15, 0.2) is 12.1 Å². The fourth-order valence-corrected chi connectivity index (χ4v) is 1.89. The first-order valence-electron chi connectivity index (χ1n) is 5.84. The van der Waals surface area contributed by atoms with Gasteiger partial charge in [-0.1, -0.05) is 31.0 Å². The van der Waals surface area contributed by atoms with E-state index in [-0.39, 0.29) is 0 Å². The van der Waals surface area contributed by atoms with E-state index in [0.29, 0.717) is 16.5 Å². The summed E-state index contributed by atoms with van der Waals surface area (Å²) in [5.74, 6) is 1.26. The molecule has 0 saturated carbocycles. The van der Waals surface area contributed by atoms with Gasteiger partial charge in [0, 0.05) is 6.54 Å². The van der Waals surface area contributed by atoms with Crippen molar-refractivity contribution in [1.82, 2.24) is 5.32 Å². The number of methoxy groups -OCH3 is 2. The topological polar surface area (TPSA) is 30.5 Å². The first-order chi connectivity index (χ1) is 8.24. The Kier molecular flexibility index (Phi) is 6.16. The van der Waals surface area contributed by atoms with Crippen molar-refractivity contribution in [2.45, 2.75) is 26.3 Å². The van der Waals surface area contributed by atoms with E-state index in [4.69, 9.17) is 21.1 Å². The lowest BCUT2D eigenvalue weighted by molar-refractivity contribution is 0.354. The quantitative estimate of drug-likeness (QED) is 0.761. The van der Waals surface area contributed by atoms with Crippen LogP contribution in [-0.2, 0) is 6.54 Å². The summed E-state index contributed by atoms with van der Waals surface area (Å²) in [5, 5.41) is 3.97. The minimum absolute atomic E-state index is 0.601. The molecule has 0 aliphatic carbocycles. The van der Waals surface area contributed by atoms with E-state index in [1.165, 1.54) is 12.8 Å². The first-order valence-corrected chi connectivity index (χ1v) is 6.22. The molecule has 0 aliphatic heterocycles. The maximum atomic E-state index is 6.26. The van der Waals surface area contributed by atoms with Gasteiger partial charge in [-0.05, 0) is 24.6 Å². The van der Waals surface area contributed by atoms with E-state index < -0.39 is 0 Å². The molecule has 17 heavy (non-hydrogen) atoms. The SMILES string of the molecule is CCCCNCc1ccc(OC)c(OC)c1Cl. The molecule has 0 saturated heterocycles. The molecular weight excluding hydrogens is 238 g/mol. The summed E-state index contributed by atoms with van der Waals surface area (Å²) < 4.78 is 10.4. The van der Waals surface area contributed by atoms with Crippen molar-refractivity contribution in [3.05, 3.63) is 22.7 Å². The summed E-state index contributed by atoms with van der Waals surface area (Å²) in [6.45, 7) is 3.92. The number of ether oxygens (including phenoxy) is 2. The van der Waals surface area contributed by atoms with Gasteiger partial charge in [-0.25, -0.2) is 0 Å². The van der Waals surface area contributed by atoms with E-state index in [1.807, 2.05) is 12.1 Å². The summed E-state index contributed by atoms with van der Waals surface area (Å²) in [7, 11) is 3.20. The molecule has 4 heteroatoms. The molecule has 0 bridgehead atoms. The molecular formula is C13H20ClNO2. The Labute approximate surface area is 108 Å². The maximum Gasteiger partial charge on any atom is 0.179 e. The van der Waals surface area contributed by atoms with Crippen LogP contribution in [0.5, 0.6) is 11.5 Å². The summed E-state index contributed by atoms with van der Waals surface area (Å²) in [5.41, 5.74) is 1.03. The Morgan fingerprint density at radius 1 is 1.24 bits per heavy atom. The van der Waals surface area contributed by atoms with Crippen LogP contribution in [0, 0.1) is 0 Å². The van der Waals surface area contributed by atoms with Gasteiger partial charge in [0.1, 0.15) is 0 Å². The fraction of sp³-hybridized carbons (Fsp3) is 0.538. The second kappa shape index (κ2) is 7.41. The highest BCUT2D eigenvalue weighted by Gasteiger charge is 2.12.